The van der Waals surface area contributed by atoms with Crippen LogP contribution in [0.5, 0.6) is 0 Å². The number of hydrogen-bond acceptors (Lipinski definition) is 2. The van der Waals surface area contributed by atoms with Gasteiger partial charge >= 0.3 is 0 Å². The highest BCUT2D eigenvalue weighted by Gasteiger charge is 2.57. The molecule has 1 aromatic rings. The van der Waals surface area contributed by atoms with Crippen LogP contribution < -0.4 is 0 Å². The standard InChI is InChI=1S/C24H31NO/c1-23-11-9-18(26)14-17(23)5-6-19-21-8-7-20(16-4-3-13-25-15-16)24(21,2)12-10-22(19)23/h3-4,7,13-15,18-19,21-22,26H,5-6,8-12H2,1-2H3/t18-,19-,21-,22-,23-,24+/m0/s1. The van der Waals surface area contributed by atoms with E-state index in [0.717, 1.165) is 24.2 Å². The van der Waals surface area contributed by atoms with Gasteiger partial charge in [-0.3, -0.25) is 4.98 Å². The Kier molecular flexibility index (Phi) is 3.73. The predicted octanol–water partition coefficient (Wildman–Crippen LogP) is 5.40. The van der Waals surface area contributed by atoms with Crippen LogP contribution in [0.2, 0.25) is 0 Å². The third-order valence-corrected chi connectivity index (χ3v) is 8.64. The number of aromatic nitrogens is 1. The first-order valence-corrected chi connectivity index (χ1v) is 10.5. The van der Waals surface area contributed by atoms with E-state index in [0.29, 0.717) is 10.8 Å². The summed E-state index contributed by atoms with van der Waals surface area (Å²) in [6.07, 6.45) is 17.0. The molecular formula is C24H31NO. The average Bonchev–Trinajstić information content (AvgIpc) is 3.00. The molecule has 1 heterocycles. The Balaban J connectivity index is 1.47. The number of nitrogens with zero attached hydrogens (tertiary/aromatic N) is 1. The molecule has 1 N–H and O–H groups in total. The molecule has 0 unspecified atom stereocenters. The van der Waals surface area contributed by atoms with Crippen molar-refractivity contribution in [1.82, 2.24) is 4.98 Å². The zero-order chi connectivity index (χ0) is 17.9. The Hall–Kier alpha value is -1.41. The first kappa shape index (κ1) is 16.7. The highest BCUT2D eigenvalue weighted by atomic mass is 16.3. The first-order chi connectivity index (χ1) is 12.5. The summed E-state index contributed by atoms with van der Waals surface area (Å²) in [6, 6.07) is 4.31. The largest absolute Gasteiger partial charge is 0.389 e. The molecule has 0 aromatic carbocycles. The van der Waals surface area contributed by atoms with Crippen molar-refractivity contribution < 1.29 is 5.11 Å². The summed E-state index contributed by atoms with van der Waals surface area (Å²) in [6.45, 7) is 5.03. The van der Waals surface area contributed by atoms with E-state index >= 15 is 0 Å². The van der Waals surface area contributed by atoms with Gasteiger partial charge in [0.1, 0.15) is 0 Å². The van der Waals surface area contributed by atoms with E-state index in [1.807, 2.05) is 6.20 Å². The first-order valence-electron chi connectivity index (χ1n) is 10.5. The SMILES string of the molecule is C[C@]12CC[C@H](O)C=C1CC[C@@H]1[C@@H]2CC[C@]2(C)C(c3cccnc3)=CC[C@@H]12. The Morgan fingerprint density at radius 1 is 1.08 bits per heavy atom. The zero-order valence-electron chi connectivity index (χ0n) is 16.1. The van der Waals surface area contributed by atoms with Gasteiger partial charge in [-0.2, -0.15) is 0 Å². The third kappa shape index (κ3) is 2.24. The van der Waals surface area contributed by atoms with Crippen molar-refractivity contribution in [2.75, 3.05) is 0 Å². The summed E-state index contributed by atoms with van der Waals surface area (Å²) in [7, 11) is 0. The molecule has 0 spiro atoms. The Morgan fingerprint density at radius 3 is 2.73 bits per heavy atom. The van der Waals surface area contributed by atoms with E-state index in [2.05, 4.69) is 49.3 Å². The summed E-state index contributed by atoms with van der Waals surface area (Å²) >= 11 is 0. The molecule has 6 atom stereocenters. The van der Waals surface area contributed by atoms with Gasteiger partial charge in [-0.1, -0.05) is 37.6 Å². The Morgan fingerprint density at radius 2 is 1.92 bits per heavy atom. The van der Waals surface area contributed by atoms with Crippen LogP contribution in [-0.2, 0) is 0 Å². The second kappa shape index (κ2) is 5.79. The van der Waals surface area contributed by atoms with Crippen LogP contribution in [0.4, 0.5) is 0 Å². The number of rotatable bonds is 1. The lowest BCUT2D eigenvalue weighted by Gasteiger charge is -2.58. The molecule has 4 aliphatic carbocycles. The summed E-state index contributed by atoms with van der Waals surface area (Å²) in [5, 5.41) is 10.1. The van der Waals surface area contributed by atoms with E-state index < -0.39 is 0 Å². The minimum atomic E-state index is -0.200. The summed E-state index contributed by atoms with van der Waals surface area (Å²) in [5.41, 5.74) is 5.11. The van der Waals surface area contributed by atoms with Crippen LogP contribution in [0.15, 0.2) is 42.3 Å². The Labute approximate surface area is 157 Å². The van der Waals surface area contributed by atoms with Crippen molar-refractivity contribution >= 4 is 5.57 Å². The molecule has 2 fully saturated rings. The fourth-order valence-electron chi connectivity index (χ4n) is 7.25. The van der Waals surface area contributed by atoms with Crippen molar-refractivity contribution in [2.24, 2.45) is 28.6 Å². The van der Waals surface area contributed by atoms with Crippen LogP contribution in [0.1, 0.15) is 64.4 Å². The van der Waals surface area contributed by atoms with Gasteiger partial charge in [0.05, 0.1) is 6.10 Å². The molecule has 1 aromatic heterocycles. The summed E-state index contributed by atoms with van der Waals surface area (Å²) in [5.74, 6) is 2.41. The Bertz CT molecular complexity index is 766. The number of aliphatic hydroxyl groups is 1. The van der Waals surface area contributed by atoms with E-state index in [1.165, 1.54) is 44.1 Å². The van der Waals surface area contributed by atoms with Gasteiger partial charge < -0.3 is 5.11 Å². The van der Waals surface area contributed by atoms with Gasteiger partial charge in [0.2, 0.25) is 0 Å². The van der Waals surface area contributed by atoms with E-state index in [-0.39, 0.29) is 6.10 Å². The molecule has 0 radical (unpaired) electrons. The van der Waals surface area contributed by atoms with E-state index in [1.54, 1.807) is 11.1 Å². The van der Waals surface area contributed by atoms with Crippen LogP contribution in [0, 0.1) is 28.6 Å². The lowest BCUT2D eigenvalue weighted by Crippen LogP contribution is -2.50. The summed E-state index contributed by atoms with van der Waals surface area (Å²) in [4.78, 5) is 4.38. The number of allylic oxidation sites excluding steroid dienone is 3. The predicted molar refractivity (Wildman–Crippen MR) is 105 cm³/mol. The molecule has 0 saturated heterocycles. The number of pyridine rings is 1. The second-order valence-corrected chi connectivity index (χ2v) is 9.68. The normalized spacial score (nSPS) is 44.4. The van der Waals surface area contributed by atoms with Gasteiger partial charge in [-0.25, -0.2) is 0 Å². The molecule has 0 amide bonds. The lowest BCUT2D eigenvalue weighted by molar-refractivity contribution is -0.0281. The van der Waals surface area contributed by atoms with Crippen LogP contribution in [0.3, 0.4) is 0 Å². The molecule has 2 heteroatoms. The van der Waals surface area contributed by atoms with Gasteiger partial charge in [0.25, 0.3) is 0 Å². The quantitative estimate of drug-likeness (QED) is 0.689. The maximum absolute atomic E-state index is 10.1. The number of aliphatic hydroxyl groups excluding tert-OH is 1. The van der Waals surface area contributed by atoms with Gasteiger partial charge in [-0.05, 0) is 90.7 Å². The molecule has 138 valence electrons. The van der Waals surface area contributed by atoms with Gasteiger partial charge in [0, 0.05) is 12.4 Å². The fraction of sp³-hybridized carbons (Fsp3) is 0.625. The molecule has 0 aliphatic heterocycles. The molecule has 4 aliphatic rings. The minimum absolute atomic E-state index is 0.200. The second-order valence-electron chi connectivity index (χ2n) is 9.68. The van der Waals surface area contributed by atoms with Gasteiger partial charge in [-0.15, -0.1) is 0 Å². The van der Waals surface area contributed by atoms with Gasteiger partial charge in [0.15, 0.2) is 0 Å². The van der Waals surface area contributed by atoms with Crippen molar-refractivity contribution in [2.45, 2.75) is 64.9 Å². The van der Waals surface area contributed by atoms with Crippen molar-refractivity contribution in [3.63, 3.8) is 0 Å². The topological polar surface area (TPSA) is 33.1 Å². The molecule has 2 nitrogen and oxygen atoms in total. The molecule has 0 bridgehead atoms. The molecule has 2 saturated carbocycles. The zero-order valence-corrected chi connectivity index (χ0v) is 16.1. The minimum Gasteiger partial charge on any atom is -0.389 e. The molecule has 5 rings (SSSR count). The smallest absolute Gasteiger partial charge is 0.0724 e. The maximum Gasteiger partial charge on any atom is 0.0724 e. The molecular weight excluding hydrogens is 318 g/mol. The number of hydrogen-bond donors (Lipinski definition) is 1. The number of fused-ring (bicyclic) bond motifs is 5. The monoisotopic (exact) mass is 349 g/mol. The highest BCUT2D eigenvalue weighted by Crippen LogP contribution is 2.66. The van der Waals surface area contributed by atoms with Crippen molar-refractivity contribution in [3.05, 3.63) is 47.8 Å². The third-order valence-electron chi connectivity index (χ3n) is 8.64. The fourth-order valence-corrected chi connectivity index (χ4v) is 7.25. The maximum atomic E-state index is 10.1. The average molecular weight is 350 g/mol. The van der Waals surface area contributed by atoms with Crippen LogP contribution in [-0.4, -0.2) is 16.2 Å². The van der Waals surface area contributed by atoms with E-state index in [9.17, 15) is 5.11 Å². The van der Waals surface area contributed by atoms with Crippen molar-refractivity contribution in [1.29, 1.82) is 0 Å². The van der Waals surface area contributed by atoms with Crippen molar-refractivity contribution in [3.8, 4) is 0 Å². The highest BCUT2D eigenvalue weighted by molar-refractivity contribution is 5.72. The van der Waals surface area contributed by atoms with Crippen LogP contribution >= 0.6 is 0 Å². The lowest BCUT2D eigenvalue weighted by atomic mass is 9.46. The molecule has 26 heavy (non-hydrogen) atoms. The van der Waals surface area contributed by atoms with Crippen LogP contribution in [0.25, 0.3) is 5.57 Å². The van der Waals surface area contributed by atoms with E-state index in [4.69, 9.17) is 0 Å². The summed E-state index contributed by atoms with van der Waals surface area (Å²) < 4.78 is 0.